The lowest BCUT2D eigenvalue weighted by molar-refractivity contribution is 0.0359. The maximum absolute atomic E-state index is 13.4. The van der Waals surface area contributed by atoms with Crippen molar-refractivity contribution in [2.75, 3.05) is 13.1 Å². The van der Waals surface area contributed by atoms with E-state index < -0.39 is 0 Å². The summed E-state index contributed by atoms with van der Waals surface area (Å²) in [6.45, 7) is 2.14. The van der Waals surface area contributed by atoms with Crippen molar-refractivity contribution >= 4 is 17.5 Å². The minimum atomic E-state index is 0.0582. The summed E-state index contributed by atoms with van der Waals surface area (Å²) >= 11 is 6.15. The van der Waals surface area contributed by atoms with Gasteiger partial charge in [-0.05, 0) is 74.5 Å². The van der Waals surface area contributed by atoms with Gasteiger partial charge < -0.3 is 15.0 Å². The molecule has 0 spiro atoms. The molecule has 2 aromatic rings. The Morgan fingerprint density at radius 1 is 1.03 bits per heavy atom. The van der Waals surface area contributed by atoms with Gasteiger partial charge in [0.2, 0.25) is 0 Å². The van der Waals surface area contributed by atoms with Gasteiger partial charge in [-0.2, -0.15) is 5.26 Å². The van der Waals surface area contributed by atoms with E-state index >= 15 is 0 Å². The van der Waals surface area contributed by atoms with Gasteiger partial charge in [0.05, 0.1) is 10.6 Å². The molecule has 3 aliphatic rings. The Morgan fingerprint density at radius 3 is 2.34 bits per heavy atom. The highest BCUT2D eigenvalue weighted by Crippen LogP contribution is 2.39. The number of fused-ring (bicyclic) bond motifs is 2. The molecule has 2 aromatic carbocycles. The second kappa shape index (κ2) is 9.13. The molecule has 6 heteroatoms. The fourth-order valence-electron chi connectivity index (χ4n) is 5.61. The quantitative estimate of drug-likeness (QED) is 0.721. The van der Waals surface area contributed by atoms with Crippen LogP contribution >= 0.6 is 11.6 Å². The van der Waals surface area contributed by atoms with Crippen LogP contribution in [-0.2, 0) is 0 Å². The van der Waals surface area contributed by atoms with E-state index in [1.807, 2.05) is 12.1 Å². The van der Waals surface area contributed by atoms with E-state index in [9.17, 15) is 4.79 Å². The highest BCUT2D eigenvalue weighted by Gasteiger charge is 2.44. The van der Waals surface area contributed by atoms with Gasteiger partial charge in [-0.3, -0.25) is 4.79 Å². The average Bonchev–Trinajstić information content (AvgIpc) is 3.09. The smallest absolute Gasteiger partial charge is 0.254 e. The molecule has 3 aliphatic heterocycles. The number of carbonyl (C=O) groups is 1. The first-order chi connectivity index (χ1) is 15.6. The van der Waals surface area contributed by atoms with E-state index in [0.717, 1.165) is 57.2 Å². The molecule has 2 unspecified atom stereocenters. The Bertz CT molecular complexity index is 1010. The lowest BCUT2D eigenvalue weighted by Crippen LogP contribution is -2.49. The van der Waals surface area contributed by atoms with Crippen LogP contribution in [0.5, 0.6) is 5.75 Å². The second-order valence-corrected chi connectivity index (χ2v) is 9.62. The molecule has 3 fully saturated rings. The molecule has 0 aromatic heterocycles. The summed E-state index contributed by atoms with van der Waals surface area (Å²) in [4.78, 5) is 15.5. The molecule has 5 rings (SSSR count). The first kappa shape index (κ1) is 21.3. The van der Waals surface area contributed by atoms with E-state index in [4.69, 9.17) is 21.6 Å². The number of nitrogens with zero attached hydrogens (tertiary/aromatic N) is 2. The summed E-state index contributed by atoms with van der Waals surface area (Å²) in [5.41, 5.74) is 2.59. The van der Waals surface area contributed by atoms with Gasteiger partial charge >= 0.3 is 0 Å². The summed E-state index contributed by atoms with van der Waals surface area (Å²) in [5, 5.41) is 12.9. The number of hydrogen-bond donors (Lipinski definition) is 1. The van der Waals surface area contributed by atoms with Crippen molar-refractivity contribution in [2.24, 2.45) is 0 Å². The predicted molar refractivity (Wildman–Crippen MR) is 124 cm³/mol. The van der Waals surface area contributed by atoms with Gasteiger partial charge in [0.15, 0.2) is 0 Å². The summed E-state index contributed by atoms with van der Waals surface area (Å²) in [6, 6.07) is 16.0. The van der Waals surface area contributed by atoms with Crippen LogP contribution in [0.15, 0.2) is 42.5 Å². The van der Waals surface area contributed by atoms with Crippen molar-refractivity contribution in [1.82, 2.24) is 10.2 Å². The molecule has 5 nitrogen and oxygen atoms in total. The van der Waals surface area contributed by atoms with Crippen LogP contribution in [0.2, 0.25) is 5.02 Å². The van der Waals surface area contributed by atoms with Crippen LogP contribution in [0.25, 0.3) is 0 Å². The Balaban J connectivity index is 1.24. The summed E-state index contributed by atoms with van der Waals surface area (Å²) in [7, 11) is 0. The number of rotatable bonds is 4. The van der Waals surface area contributed by atoms with E-state index in [0.29, 0.717) is 22.3 Å². The maximum Gasteiger partial charge on any atom is 0.254 e. The normalized spacial score (nSPS) is 25.4. The minimum Gasteiger partial charge on any atom is -0.490 e. The number of nitriles is 1. The number of carbonyl (C=O) groups excluding carboxylic acids is 1. The number of hydrogen-bond acceptors (Lipinski definition) is 4. The highest BCUT2D eigenvalue weighted by molar-refractivity contribution is 6.31. The summed E-state index contributed by atoms with van der Waals surface area (Å²) in [5.74, 6) is 1.43. The van der Waals surface area contributed by atoms with Gasteiger partial charge in [-0.1, -0.05) is 23.7 Å². The van der Waals surface area contributed by atoms with Gasteiger partial charge in [-0.25, -0.2) is 0 Å². The van der Waals surface area contributed by atoms with Crippen molar-refractivity contribution in [3.63, 3.8) is 0 Å². The molecule has 0 saturated carbocycles. The predicted octanol–water partition coefficient (Wildman–Crippen LogP) is 4.89. The van der Waals surface area contributed by atoms with Gasteiger partial charge in [-0.15, -0.1) is 0 Å². The molecule has 3 saturated heterocycles. The van der Waals surface area contributed by atoms with Crippen molar-refractivity contribution in [3.05, 3.63) is 64.2 Å². The number of nitrogens with one attached hydrogen (secondary N) is 1. The molecule has 3 heterocycles. The number of amides is 1. The first-order valence-corrected chi connectivity index (χ1v) is 12.0. The van der Waals surface area contributed by atoms with E-state index in [1.165, 1.54) is 5.56 Å². The van der Waals surface area contributed by atoms with Crippen LogP contribution in [0.1, 0.15) is 65.9 Å². The maximum atomic E-state index is 13.4. The van der Waals surface area contributed by atoms with Crippen LogP contribution in [0, 0.1) is 11.3 Å². The topological polar surface area (TPSA) is 65.4 Å². The monoisotopic (exact) mass is 449 g/mol. The number of benzene rings is 2. The molecular weight excluding hydrogens is 422 g/mol. The van der Waals surface area contributed by atoms with Gasteiger partial charge in [0, 0.05) is 36.6 Å². The number of halogens is 1. The molecule has 32 heavy (non-hydrogen) atoms. The SMILES string of the molecule is N#Cc1ccc(OC2CC3CCC(C2)N3C(=O)c2ccc(C3CCNCC3)cc2)cc1Cl. The average molecular weight is 450 g/mol. The zero-order chi connectivity index (χ0) is 22.1. The van der Waals surface area contributed by atoms with Crippen molar-refractivity contribution in [3.8, 4) is 11.8 Å². The third-order valence-corrected chi connectivity index (χ3v) is 7.57. The van der Waals surface area contributed by atoms with Crippen molar-refractivity contribution in [2.45, 2.75) is 62.6 Å². The Kier molecular flexibility index (Phi) is 6.08. The van der Waals surface area contributed by atoms with Crippen LogP contribution in [0.4, 0.5) is 0 Å². The fraction of sp³-hybridized carbons (Fsp3) is 0.462. The number of piperidine rings is 2. The molecule has 2 atom stereocenters. The zero-order valence-corrected chi connectivity index (χ0v) is 18.9. The number of ether oxygens (including phenoxy) is 1. The molecule has 2 bridgehead atoms. The lowest BCUT2D eigenvalue weighted by Gasteiger charge is -2.39. The van der Waals surface area contributed by atoms with Crippen LogP contribution < -0.4 is 10.1 Å². The first-order valence-electron chi connectivity index (χ1n) is 11.6. The van der Waals surface area contributed by atoms with Crippen molar-refractivity contribution < 1.29 is 9.53 Å². The highest BCUT2D eigenvalue weighted by atomic mass is 35.5. The van der Waals surface area contributed by atoms with Gasteiger partial charge in [0.1, 0.15) is 17.9 Å². The molecule has 166 valence electrons. The fourth-order valence-corrected chi connectivity index (χ4v) is 5.82. The second-order valence-electron chi connectivity index (χ2n) is 9.21. The Labute approximate surface area is 194 Å². The van der Waals surface area contributed by atoms with E-state index in [2.05, 4.69) is 28.4 Å². The molecular formula is C26H28ClN3O2. The largest absolute Gasteiger partial charge is 0.490 e. The summed E-state index contributed by atoms with van der Waals surface area (Å²) in [6.07, 6.45) is 6.09. The van der Waals surface area contributed by atoms with Gasteiger partial charge in [0.25, 0.3) is 5.91 Å². The third kappa shape index (κ3) is 4.22. The van der Waals surface area contributed by atoms with Crippen LogP contribution in [-0.4, -0.2) is 42.1 Å². The Morgan fingerprint density at radius 2 is 1.72 bits per heavy atom. The third-order valence-electron chi connectivity index (χ3n) is 7.26. The van der Waals surface area contributed by atoms with Crippen molar-refractivity contribution in [1.29, 1.82) is 5.26 Å². The lowest BCUT2D eigenvalue weighted by atomic mass is 9.89. The molecule has 1 amide bonds. The molecule has 0 aliphatic carbocycles. The minimum absolute atomic E-state index is 0.0582. The standard InChI is InChI=1S/C26H28ClN3O2/c27-25-15-23(8-5-20(25)16-28)32-24-13-21-6-7-22(14-24)30(21)26(31)19-3-1-17(2-4-19)18-9-11-29-12-10-18/h1-5,8,15,18,21-22,24,29H,6-7,9-14H2. The van der Waals surface area contributed by atoms with Crippen LogP contribution in [0.3, 0.4) is 0 Å². The molecule has 0 radical (unpaired) electrons. The van der Waals surface area contributed by atoms with E-state index in [-0.39, 0.29) is 24.1 Å². The summed E-state index contributed by atoms with van der Waals surface area (Å²) < 4.78 is 6.20. The molecule has 1 N–H and O–H groups in total. The van der Waals surface area contributed by atoms with E-state index in [1.54, 1.807) is 18.2 Å². The Hall–Kier alpha value is -2.55. The zero-order valence-electron chi connectivity index (χ0n) is 18.1.